The van der Waals surface area contributed by atoms with E-state index in [-0.39, 0.29) is 5.97 Å². The van der Waals surface area contributed by atoms with Gasteiger partial charge < -0.3 is 9.47 Å². The Morgan fingerprint density at radius 3 is 2.69 bits per heavy atom. The predicted octanol–water partition coefficient (Wildman–Crippen LogP) is 2.28. The first-order chi connectivity index (χ1) is 7.74. The predicted molar refractivity (Wildman–Crippen MR) is 62.9 cm³/mol. The number of esters is 1. The second-order valence-corrected chi connectivity index (χ2v) is 3.31. The molecule has 0 aliphatic rings. The van der Waals surface area contributed by atoms with E-state index in [1.165, 1.54) is 7.11 Å². The number of carbonyl (C=O) groups excluding carboxylic acids is 1. The molecule has 0 heterocycles. The van der Waals surface area contributed by atoms with Crippen LogP contribution in [-0.2, 0) is 14.3 Å². The molecule has 0 amide bonds. The zero-order chi connectivity index (χ0) is 11.8. The number of ether oxygens (including phenoxy) is 2. The SMILES string of the molecule is COC(=O)[C@H](C)OC/C=C/c1ccccc1. The van der Waals surface area contributed by atoms with Crippen LogP contribution < -0.4 is 0 Å². The van der Waals surface area contributed by atoms with Crippen LogP contribution in [0.2, 0.25) is 0 Å². The smallest absolute Gasteiger partial charge is 0.334 e. The van der Waals surface area contributed by atoms with Gasteiger partial charge >= 0.3 is 5.97 Å². The summed E-state index contributed by atoms with van der Waals surface area (Å²) in [5, 5.41) is 0. The zero-order valence-corrected chi connectivity index (χ0v) is 9.55. The summed E-state index contributed by atoms with van der Waals surface area (Å²) in [6.45, 7) is 2.06. The molecule has 0 N–H and O–H groups in total. The van der Waals surface area contributed by atoms with Gasteiger partial charge in [0.1, 0.15) is 0 Å². The Kier molecular flexibility index (Phi) is 5.29. The van der Waals surface area contributed by atoms with Crippen molar-refractivity contribution in [3.63, 3.8) is 0 Å². The minimum atomic E-state index is -0.523. The van der Waals surface area contributed by atoms with E-state index in [0.29, 0.717) is 6.61 Å². The molecule has 0 radical (unpaired) electrons. The highest BCUT2D eigenvalue weighted by Gasteiger charge is 2.11. The van der Waals surface area contributed by atoms with Gasteiger partial charge in [0.25, 0.3) is 0 Å². The molecular formula is C13H16O3. The summed E-state index contributed by atoms with van der Waals surface area (Å²) in [5.41, 5.74) is 1.11. The second kappa shape index (κ2) is 6.80. The van der Waals surface area contributed by atoms with Gasteiger partial charge in [0, 0.05) is 0 Å². The normalized spacial score (nSPS) is 12.6. The molecule has 1 atom stereocenters. The first-order valence-corrected chi connectivity index (χ1v) is 5.15. The maximum Gasteiger partial charge on any atom is 0.334 e. The van der Waals surface area contributed by atoms with E-state index in [4.69, 9.17) is 4.74 Å². The summed E-state index contributed by atoms with van der Waals surface area (Å²) in [7, 11) is 1.35. The fourth-order valence-electron chi connectivity index (χ4n) is 1.18. The van der Waals surface area contributed by atoms with Gasteiger partial charge in [-0.2, -0.15) is 0 Å². The van der Waals surface area contributed by atoms with E-state index < -0.39 is 6.10 Å². The second-order valence-electron chi connectivity index (χ2n) is 3.31. The van der Waals surface area contributed by atoms with Gasteiger partial charge in [0.15, 0.2) is 6.10 Å². The van der Waals surface area contributed by atoms with Crippen LogP contribution in [-0.4, -0.2) is 25.8 Å². The maximum atomic E-state index is 11.0. The van der Waals surface area contributed by atoms with Crippen LogP contribution in [0.4, 0.5) is 0 Å². The minimum Gasteiger partial charge on any atom is -0.467 e. The summed E-state index contributed by atoms with van der Waals surface area (Å²) in [6, 6.07) is 9.91. The van der Waals surface area contributed by atoms with Crippen molar-refractivity contribution in [2.24, 2.45) is 0 Å². The molecule has 0 spiro atoms. The van der Waals surface area contributed by atoms with Crippen LogP contribution in [0.3, 0.4) is 0 Å². The summed E-state index contributed by atoms with van der Waals surface area (Å²) in [5.74, 6) is -0.354. The first-order valence-electron chi connectivity index (χ1n) is 5.15. The van der Waals surface area contributed by atoms with Gasteiger partial charge in [0.05, 0.1) is 13.7 Å². The van der Waals surface area contributed by atoms with Crippen molar-refractivity contribution < 1.29 is 14.3 Å². The minimum absolute atomic E-state index is 0.354. The van der Waals surface area contributed by atoms with Gasteiger partial charge in [-0.15, -0.1) is 0 Å². The third-order valence-electron chi connectivity index (χ3n) is 2.09. The Labute approximate surface area is 95.7 Å². The van der Waals surface area contributed by atoms with Crippen molar-refractivity contribution in [2.75, 3.05) is 13.7 Å². The molecule has 0 saturated heterocycles. The number of benzene rings is 1. The lowest BCUT2D eigenvalue weighted by molar-refractivity contribution is -0.152. The summed E-state index contributed by atoms with van der Waals surface area (Å²) in [6.07, 6.45) is 3.30. The van der Waals surface area contributed by atoms with Gasteiger partial charge in [0.2, 0.25) is 0 Å². The van der Waals surface area contributed by atoms with Crippen molar-refractivity contribution in [2.45, 2.75) is 13.0 Å². The van der Waals surface area contributed by atoms with Crippen LogP contribution in [0.5, 0.6) is 0 Å². The van der Waals surface area contributed by atoms with Crippen molar-refractivity contribution in [3.8, 4) is 0 Å². The van der Waals surface area contributed by atoms with Gasteiger partial charge in [-0.1, -0.05) is 42.5 Å². The van der Waals surface area contributed by atoms with E-state index in [0.717, 1.165) is 5.56 Å². The van der Waals surface area contributed by atoms with Crippen molar-refractivity contribution in [1.29, 1.82) is 0 Å². The van der Waals surface area contributed by atoms with Gasteiger partial charge in [-0.05, 0) is 12.5 Å². The standard InChI is InChI=1S/C13H16O3/c1-11(13(14)15-2)16-10-6-9-12-7-4-3-5-8-12/h3-9,11H,10H2,1-2H3/b9-6+/t11-/m0/s1. The fourth-order valence-corrected chi connectivity index (χ4v) is 1.18. The highest BCUT2D eigenvalue weighted by molar-refractivity contribution is 5.73. The van der Waals surface area contributed by atoms with Gasteiger partial charge in [-0.25, -0.2) is 4.79 Å². The average Bonchev–Trinajstić information content (AvgIpc) is 2.34. The third kappa shape index (κ3) is 4.28. The molecule has 0 unspecified atom stereocenters. The lowest BCUT2D eigenvalue weighted by Gasteiger charge is -2.08. The Morgan fingerprint density at radius 1 is 1.38 bits per heavy atom. The van der Waals surface area contributed by atoms with Crippen LogP contribution in [0, 0.1) is 0 Å². The molecule has 1 aromatic rings. The molecule has 3 heteroatoms. The third-order valence-corrected chi connectivity index (χ3v) is 2.09. The molecule has 0 aromatic heterocycles. The number of hydrogen-bond acceptors (Lipinski definition) is 3. The molecule has 1 rings (SSSR count). The monoisotopic (exact) mass is 220 g/mol. The van der Waals surface area contributed by atoms with Crippen molar-refractivity contribution >= 4 is 12.0 Å². The van der Waals surface area contributed by atoms with E-state index >= 15 is 0 Å². The van der Waals surface area contributed by atoms with Crippen LogP contribution in [0.15, 0.2) is 36.4 Å². The van der Waals surface area contributed by atoms with Gasteiger partial charge in [-0.3, -0.25) is 0 Å². The molecule has 86 valence electrons. The number of carbonyl (C=O) groups is 1. The summed E-state index contributed by atoms with van der Waals surface area (Å²) < 4.78 is 9.79. The Hall–Kier alpha value is -1.61. The van der Waals surface area contributed by atoms with E-state index in [1.807, 2.05) is 42.5 Å². The molecule has 3 nitrogen and oxygen atoms in total. The zero-order valence-electron chi connectivity index (χ0n) is 9.55. The summed E-state index contributed by atoms with van der Waals surface area (Å²) >= 11 is 0. The molecule has 16 heavy (non-hydrogen) atoms. The van der Waals surface area contributed by atoms with E-state index in [9.17, 15) is 4.79 Å². The van der Waals surface area contributed by atoms with Crippen LogP contribution in [0.25, 0.3) is 6.08 Å². The molecule has 0 aliphatic heterocycles. The lowest BCUT2D eigenvalue weighted by atomic mass is 10.2. The highest BCUT2D eigenvalue weighted by Crippen LogP contribution is 2.01. The van der Waals surface area contributed by atoms with Crippen LogP contribution >= 0.6 is 0 Å². The number of methoxy groups -OCH3 is 1. The Morgan fingerprint density at radius 2 is 2.06 bits per heavy atom. The molecule has 0 aliphatic carbocycles. The van der Waals surface area contributed by atoms with Crippen LogP contribution in [0.1, 0.15) is 12.5 Å². The average molecular weight is 220 g/mol. The summed E-state index contributed by atoms with van der Waals surface area (Å²) in [4.78, 5) is 11.0. The quantitative estimate of drug-likeness (QED) is 0.714. The van der Waals surface area contributed by atoms with E-state index in [2.05, 4.69) is 4.74 Å². The van der Waals surface area contributed by atoms with E-state index in [1.54, 1.807) is 6.92 Å². The van der Waals surface area contributed by atoms with Crippen molar-refractivity contribution in [3.05, 3.63) is 42.0 Å². The topological polar surface area (TPSA) is 35.5 Å². The largest absolute Gasteiger partial charge is 0.467 e. The first kappa shape index (κ1) is 12.5. The Balaban J connectivity index is 2.31. The maximum absolute atomic E-state index is 11.0. The molecular weight excluding hydrogens is 204 g/mol. The van der Waals surface area contributed by atoms with Crippen molar-refractivity contribution in [1.82, 2.24) is 0 Å². The molecule has 0 saturated carbocycles. The highest BCUT2D eigenvalue weighted by atomic mass is 16.6. The number of rotatable bonds is 5. The Bertz CT molecular complexity index is 343. The fraction of sp³-hybridized carbons (Fsp3) is 0.308. The number of hydrogen-bond donors (Lipinski definition) is 0. The lowest BCUT2D eigenvalue weighted by Crippen LogP contribution is -2.21. The molecule has 1 aromatic carbocycles. The molecule has 0 bridgehead atoms. The molecule has 0 fully saturated rings.